The van der Waals surface area contributed by atoms with Crippen LogP contribution in [0, 0.1) is 5.82 Å². The zero-order valence-electron chi connectivity index (χ0n) is 25.7. The van der Waals surface area contributed by atoms with Crippen LogP contribution in [-0.4, -0.2) is 92.7 Å². The SMILES string of the molecule is CN(C)[C@@H]1CCN(c2cccc3c2CCN(C(=O)C=Cc2c(-n4cnnn4)ccc(Cl)c2F)[C@@H]3C(=O)Nc2ccc(C(=O)O)cc2)C1. The number of fused-ring (bicyclic) bond motifs is 1. The number of benzene rings is 3. The number of amides is 2. The van der Waals surface area contributed by atoms with Gasteiger partial charge in [-0.1, -0.05) is 23.7 Å². The fourth-order valence-corrected chi connectivity index (χ4v) is 6.36. The van der Waals surface area contributed by atoms with Gasteiger partial charge < -0.3 is 25.1 Å². The summed E-state index contributed by atoms with van der Waals surface area (Å²) in [5, 5.41) is 23.0. The third kappa shape index (κ3) is 6.44. The van der Waals surface area contributed by atoms with E-state index >= 15 is 4.39 Å². The minimum absolute atomic E-state index is 0.00171. The van der Waals surface area contributed by atoms with Crippen LogP contribution in [0.15, 0.2) is 67.0 Å². The van der Waals surface area contributed by atoms with Crippen LogP contribution in [0.4, 0.5) is 15.8 Å². The van der Waals surface area contributed by atoms with Crippen LogP contribution >= 0.6 is 11.6 Å². The summed E-state index contributed by atoms with van der Waals surface area (Å²) >= 11 is 6.07. The number of aromatic carboxylic acids is 1. The average Bonchev–Trinajstić information content (AvgIpc) is 3.78. The molecule has 2 atom stereocenters. The first kappa shape index (κ1) is 31.8. The van der Waals surface area contributed by atoms with Crippen molar-refractivity contribution in [1.82, 2.24) is 30.0 Å². The Kier molecular flexibility index (Phi) is 9.01. The maximum atomic E-state index is 15.2. The van der Waals surface area contributed by atoms with Crippen LogP contribution in [0.25, 0.3) is 11.8 Å². The summed E-state index contributed by atoms with van der Waals surface area (Å²) in [7, 11) is 4.13. The number of hydrogen-bond donors (Lipinski definition) is 2. The number of carboxylic acid groups (broad SMARTS) is 1. The highest BCUT2D eigenvalue weighted by atomic mass is 35.5. The van der Waals surface area contributed by atoms with E-state index in [1.807, 2.05) is 12.1 Å². The molecule has 2 amide bonds. The topological polar surface area (TPSA) is 137 Å². The van der Waals surface area contributed by atoms with Gasteiger partial charge in [0.15, 0.2) is 5.82 Å². The molecule has 0 bridgehead atoms. The Bertz CT molecular complexity index is 1850. The van der Waals surface area contributed by atoms with E-state index in [0.29, 0.717) is 23.7 Å². The van der Waals surface area contributed by atoms with E-state index in [4.69, 9.17) is 11.6 Å². The average molecular weight is 659 g/mol. The minimum Gasteiger partial charge on any atom is -0.478 e. The molecule has 0 spiro atoms. The first-order chi connectivity index (χ1) is 22.6. The lowest BCUT2D eigenvalue weighted by atomic mass is 9.90. The molecule has 3 aromatic carbocycles. The number of halogens is 2. The molecular weight excluding hydrogens is 627 g/mol. The molecule has 1 saturated heterocycles. The van der Waals surface area contributed by atoms with Crippen molar-refractivity contribution in [2.24, 2.45) is 0 Å². The van der Waals surface area contributed by atoms with Crippen molar-refractivity contribution in [3.63, 3.8) is 0 Å². The molecule has 12 nitrogen and oxygen atoms in total. The monoisotopic (exact) mass is 658 g/mol. The van der Waals surface area contributed by atoms with E-state index in [1.54, 1.807) is 0 Å². The van der Waals surface area contributed by atoms with Crippen molar-refractivity contribution in [1.29, 1.82) is 0 Å². The van der Waals surface area contributed by atoms with Gasteiger partial charge in [-0.3, -0.25) is 9.59 Å². The Morgan fingerprint density at radius 1 is 1.06 bits per heavy atom. The summed E-state index contributed by atoms with van der Waals surface area (Å²) in [5.41, 5.74) is 3.44. The van der Waals surface area contributed by atoms with Crippen molar-refractivity contribution < 1.29 is 23.9 Å². The quantitative estimate of drug-likeness (QED) is 0.269. The highest BCUT2D eigenvalue weighted by molar-refractivity contribution is 6.31. The number of carboxylic acids is 1. The van der Waals surface area contributed by atoms with Gasteiger partial charge in [0.1, 0.15) is 12.4 Å². The van der Waals surface area contributed by atoms with E-state index in [2.05, 4.69) is 50.8 Å². The first-order valence-electron chi connectivity index (χ1n) is 15.0. The fraction of sp³-hybridized carbons (Fsp3) is 0.273. The van der Waals surface area contributed by atoms with Gasteiger partial charge in [0.25, 0.3) is 5.91 Å². The standard InChI is InChI=1S/C33H32ClFN8O4/c1-40(2)22-14-16-41(18-22)27-5-3-4-24-23(27)15-17-42(31(24)32(45)37-21-8-6-20(7-9-21)33(46)47)29(44)13-10-25-28(43-19-36-38-39-43)12-11-26(34)30(25)35/h3-13,19,22,31H,14-18H2,1-2H3,(H,37,45)(H,46,47)/t22-,31+/m1/s1. The molecule has 0 saturated carbocycles. The fourth-order valence-electron chi connectivity index (χ4n) is 6.19. The number of tetrazole rings is 1. The largest absolute Gasteiger partial charge is 0.478 e. The molecular formula is C33H32ClFN8O4. The highest BCUT2D eigenvalue weighted by Crippen LogP contribution is 2.38. The molecule has 2 aliphatic rings. The highest BCUT2D eigenvalue weighted by Gasteiger charge is 2.38. The summed E-state index contributed by atoms with van der Waals surface area (Å²) in [5.74, 6) is -2.82. The second kappa shape index (κ2) is 13.3. The summed E-state index contributed by atoms with van der Waals surface area (Å²) in [4.78, 5) is 45.3. The Hall–Kier alpha value is -5.14. The van der Waals surface area contributed by atoms with Crippen LogP contribution in [-0.2, 0) is 16.0 Å². The number of nitrogens with one attached hydrogen (secondary N) is 1. The van der Waals surface area contributed by atoms with Crippen LogP contribution in [0.3, 0.4) is 0 Å². The van der Waals surface area contributed by atoms with Gasteiger partial charge in [-0.05, 0) is 97.0 Å². The van der Waals surface area contributed by atoms with Crippen molar-refractivity contribution >= 4 is 46.8 Å². The predicted octanol–water partition coefficient (Wildman–Crippen LogP) is 4.07. The number of carbonyl (C=O) groups excluding carboxylic acids is 2. The molecule has 242 valence electrons. The predicted molar refractivity (Wildman–Crippen MR) is 174 cm³/mol. The normalized spacial score (nSPS) is 17.7. The second-order valence-corrected chi connectivity index (χ2v) is 12.0. The van der Waals surface area contributed by atoms with Crippen molar-refractivity contribution in [2.45, 2.75) is 24.9 Å². The molecule has 2 N–H and O–H groups in total. The van der Waals surface area contributed by atoms with Gasteiger partial charge >= 0.3 is 5.97 Å². The van der Waals surface area contributed by atoms with Crippen molar-refractivity contribution in [3.05, 3.63) is 100 Å². The lowest BCUT2D eigenvalue weighted by Gasteiger charge is -2.38. The molecule has 2 aliphatic heterocycles. The van der Waals surface area contributed by atoms with Crippen LogP contribution < -0.4 is 10.2 Å². The minimum atomic E-state index is -1.09. The van der Waals surface area contributed by atoms with E-state index in [0.717, 1.165) is 30.8 Å². The molecule has 4 aromatic rings. The number of likely N-dealkylation sites (N-methyl/N-ethyl adjacent to an activating group) is 1. The molecule has 14 heteroatoms. The molecule has 0 radical (unpaired) electrons. The van der Waals surface area contributed by atoms with Crippen molar-refractivity contribution in [3.8, 4) is 5.69 Å². The summed E-state index contributed by atoms with van der Waals surface area (Å²) < 4.78 is 16.5. The van der Waals surface area contributed by atoms with Gasteiger partial charge in [-0.2, -0.15) is 4.68 Å². The smallest absolute Gasteiger partial charge is 0.335 e. The second-order valence-electron chi connectivity index (χ2n) is 11.6. The number of aromatic nitrogens is 4. The van der Waals surface area contributed by atoms with Crippen LogP contribution in [0.2, 0.25) is 5.02 Å². The van der Waals surface area contributed by atoms with Gasteiger partial charge in [-0.15, -0.1) is 5.10 Å². The Morgan fingerprint density at radius 3 is 2.53 bits per heavy atom. The molecule has 3 heterocycles. The van der Waals surface area contributed by atoms with Gasteiger partial charge in [0, 0.05) is 48.7 Å². The molecule has 1 fully saturated rings. The molecule has 1 aromatic heterocycles. The summed E-state index contributed by atoms with van der Waals surface area (Å²) in [6.07, 6.45) is 5.33. The van der Waals surface area contributed by atoms with Gasteiger partial charge in [-0.25, -0.2) is 9.18 Å². The lowest BCUT2D eigenvalue weighted by molar-refractivity contribution is -0.135. The van der Waals surface area contributed by atoms with Gasteiger partial charge in [0.2, 0.25) is 5.91 Å². The van der Waals surface area contributed by atoms with Crippen LogP contribution in [0.5, 0.6) is 0 Å². The lowest BCUT2D eigenvalue weighted by Crippen LogP contribution is -2.45. The first-order valence-corrected chi connectivity index (χ1v) is 15.4. The Morgan fingerprint density at radius 2 is 1.85 bits per heavy atom. The third-order valence-electron chi connectivity index (χ3n) is 8.66. The number of rotatable bonds is 8. The van der Waals surface area contributed by atoms with Crippen molar-refractivity contribution in [2.75, 3.05) is 43.9 Å². The Balaban J connectivity index is 1.35. The zero-order chi connectivity index (χ0) is 33.2. The third-order valence-corrected chi connectivity index (χ3v) is 8.95. The Labute approximate surface area is 275 Å². The van der Waals surface area contributed by atoms with E-state index in [1.165, 1.54) is 64.5 Å². The number of nitrogens with zero attached hydrogens (tertiary/aromatic N) is 7. The van der Waals surface area contributed by atoms with E-state index < -0.39 is 29.6 Å². The van der Waals surface area contributed by atoms with Gasteiger partial charge in [0.05, 0.1) is 16.3 Å². The summed E-state index contributed by atoms with van der Waals surface area (Å²) in [6, 6.07) is 13.9. The maximum absolute atomic E-state index is 15.2. The summed E-state index contributed by atoms with van der Waals surface area (Å²) in [6.45, 7) is 1.94. The molecule has 47 heavy (non-hydrogen) atoms. The molecule has 0 aliphatic carbocycles. The molecule has 0 unspecified atom stereocenters. The number of anilines is 2. The van der Waals surface area contributed by atoms with Crippen LogP contribution in [0.1, 0.15) is 39.5 Å². The maximum Gasteiger partial charge on any atom is 0.335 e. The van der Waals surface area contributed by atoms with E-state index in [9.17, 15) is 19.5 Å². The number of carbonyl (C=O) groups is 3. The van der Waals surface area contributed by atoms with E-state index in [-0.39, 0.29) is 28.4 Å². The number of hydrogen-bond acceptors (Lipinski definition) is 8. The molecule has 6 rings (SSSR count). The zero-order valence-corrected chi connectivity index (χ0v) is 26.4.